The van der Waals surface area contributed by atoms with Gasteiger partial charge in [0.25, 0.3) is 5.91 Å². The van der Waals surface area contributed by atoms with E-state index in [2.05, 4.69) is 5.32 Å². The molecule has 0 aromatic heterocycles. The van der Waals surface area contributed by atoms with Crippen LogP contribution < -0.4 is 5.32 Å². The molecule has 0 radical (unpaired) electrons. The number of aryl methyl sites for hydroxylation is 2. The normalized spacial score (nSPS) is 15.1. The summed E-state index contributed by atoms with van der Waals surface area (Å²) in [5.74, 6) is -0.751. The molecule has 0 spiro atoms. The maximum Gasteiger partial charge on any atom is 0.251 e. The maximum absolute atomic E-state index is 13.1. The molecule has 4 rings (SSSR count). The molecule has 6 heteroatoms. The fraction of sp³-hybridized carbons (Fsp3) is 0.167. The Bertz CT molecular complexity index is 1310. The molecule has 1 heterocycles. The molecule has 1 aliphatic rings. The van der Waals surface area contributed by atoms with E-state index < -0.39 is 15.7 Å². The van der Waals surface area contributed by atoms with Crippen molar-refractivity contribution in [2.75, 3.05) is 0 Å². The lowest BCUT2D eigenvalue weighted by atomic mass is 9.99. The molecule has 1 atom stereocenters. The van der Waals surface area contributed by atoms with Crippen LogP contribution in [0.1, 0.15) is 55.9 Å². The summed E-state index contributed by atoms with van der Waals surface area (Å²) < 4.78 is 26.1. The second kappa shape index (κ2) is 7.22. The van der Waals surface area contributed by atoms with Crippen LogP contribution in [0.3, 0.4) is 0 Å². The third-order valence-electron chi connectivity index (χ3n) is 5.45. The number of sulfone groups is 1. The summed E-state index contributed by atoms with van der Waals surface area (Å²) in [5, 5.41) is 2.93. The van der Waals surface area contributed by atoms with E-state index in [9.17, 15) is 18.0 Å². The molecule has 0 fully saturated rings. The van der Waals surface area contributed by atoms with Gasteiger partial charge in [-0.15, -0.1) is 0 Å². The number of nitrogens with one attached hydrogen (secondary N) is 1. The molecular weight excluding hydrogens is 398 g/mol. The van der Waals surface area contributed by atoms with E-state index in [4.69, 9.17) is 0 Å². The molecule has 1 unspecified atom stereocenters. The minimum atomic E-state index is -3.88. The third kappa shape index (κ3) is 3.23. The van der Waals surface area contributed by atoms with Crippen molar-refractivity contribution >= 4 is 21.5 Å². The van der Waals surface area contributed by atoms with E-state index in [1.54, 1.807) is 12.1 Å². The zero-order valence-electron chi connectivity index (χ0n) is 16.9. The van der Waals surface area contributed by atoms with E-state index >= 15 is 0 Å². The van der Waals surface area contributed by atoms with Crippen molar-refractivity contribution in [1.82, 2.24) is 5.32 Å². The number of amides is 1. The lowest BCUT2D eigenvalue weighted by Gasteiger charge is -2.20. The molecule has 0 aliphatic carbocycles. The highest BCUT2D eigenvalue weighted by Gasteiger charge is 2.35. The fourth-order valence-corrected chi connectivity index (χ4v) is 5.49. The fourth-order valence-electron chi connectivity index (χ4n) is 3.81. The number of carbonyl (C=O) groups excluding carboxylic acids is 2. The summed E-state index contributed by atoms with van der Waals surface area (Å²) in [6.45, 7) is 5.85. The van der Waals surface area contributed by atoms with Crippen molar-refractivity contribution in [2.45, 2.75) is 36.6 Å². The van der Waals surface area contributed by atoms with Gasteiger partial charge in [0.2, 0.25) is 9.84 Å². The SMILES string of the molecule is Cc1ccc(C)c(C(C)NC(=O)c2ccc3c(c2)S(=O)(=O)c2ccccc2C3=O)c1. The van der Waals surface area contributed by atoms with Crippen molar-refractivity contribution in [3.8, 4) is 0 Å². The molecule has 30 heavy (non-hydrogen) atoms. The number of fused-ring (bicyclic) bond motifs is 2. The zero-order valence-corrected chi connectivity index (χ0v) is 17.7. The molecule has 3 aromatic carbocycles. The molecule has 0 bridgehead atoms. The Balaban J connectivity index is 1.69. The molecule has 1 amide bonds. The third-order valence-corrected chi connectivity index (χ3v) is 7.30. The first-order chi connectivity index (χ1) is 14.2. The summed E-state index contributed by atoms with van der Waals surface area (Å²) in [5.41, 5.74) is 3.59. The van der Waals surface area contributed by atoms with Crippen LogP contribution in [0.25, 0.3) is 0 Å². The van der Waals surface area contributed by atoms with Crippen LogP contribution >= 0.6 is 0 Å². The smallest absolute Gasteiger partial charge is 0.251 e. The van der Waals surface area contributed by atoms with Crippen LogP contribution in [0.4, 0.5) is 0 Å². The molecule has 3 aromatic rings. The summed E-state index contributed by atoms with van der Waals surface area (Å²) >= 11 is 0. The highest BCUT2D eigenvalue weighted by atomic mass is 32.2. The summed E-state index contributed by atoms with van der Waals surface area (Å²) in [6.07, 6.45) is 0. The van der Waals surface area contributed by atoms with Gasteiger partial charge in [-0.3, -0.25) is 9.59 Å². The van der Waals surface area contributed by atoms with Crippen LogP contribution in [-0.2, 0) is 9.84 Å². The van der Waals surface area contributed by atoms with Crippen LogP contribution in [0.15, 0.2) is 70.5 Å². The Labute approximate surface area is 175 Å². The first-order valence-electron chi connectivity index (χ1n) is 9.61. The second-order valence-electron chi connectivity index (χ2n) is 7.59. The van der Waals surface area contributed by atoms with Crippen molar-refractivity contribution in [3.63, 3.8) is 0 Å². The van der Waals surface area contributed by atoms with Crippen LogP contribution in [0, 0.1) is 13.8 Å². The zero-order chi connectivity index (χ0) is 21.6. The van der Waals surface area contributed by atoms with Gasteiger partial charge < -0.3 is 5.32 Å². The van der Waals surface area contributed by atoms with E-state index in [1.807, 2.05) is 39.0 Å². The van der Waals surface area contributed by atoms with Crippen molar-refractivity contribution < 1.29 is 18.0 Å². The number of benzene rings is 3. The summed E-state index contributed by atoms with van der Waals surface area (Å²) in [7, 11) is -3.88. The largest absolute Gasteiger partial charge is 0.346 e. The lowest BCUT2D eigenvalue weighted by Crippen LogP contribution is -2.28. The van der Waals surface area contributed by atoms with Gasteiger partial charge >= 0.3 is 0 Å². The van der Waals surface area contributed by atoms with E-state index in [0.29, 0.717) is 0 Å². The molecule has 0 saturated heterocycles. The van der Waals surface area contributed by atoms with Gasteiger partial charge in [-0.25, -0.2) is 8.42 Å². The molecule has 152 valence electrons. The first-order valence-corrected chi connectivity index (χ1v) is 11.1. The van der Waals surface area contributed by atoms with Gasteiger partial charge in [0.1, 0.15) is 0 Å². The highest BCUT2D eigenvalue weighted by molar-refractivity contribution is 7.91. The number of hydrogen-bond acceptors (Lipinski definition) is 4. The Morgan fingerprint density at radius 3 is 2.37 bits per heavy atom. The van der Waals surface area contributed by atoms with Gasteiger partial charge in [-0.2, -0.15) is 0 Å². The maximum atomic E-state index is 13.1. The molecular formula is C24H21NO4S. The van der Waals surface area contributed by atoms with E-state index in [1.165, 1.54) is 30.3 Å². The van der Waals surface area contributed by atoms with Gasteiger partial charge in [0.15, 0.2) is 5.78 Å². The highest BCUT2D eigenvalue weighted by Crippen LogP contribution is 2.34. The predicted octanol–water partition coefficient (Wildman–Crippen LogP) is 4.17. The molecule has 5 nitrogen and oxygen atoms in total. The number of ketones is 1. The predicted molar refractivity (Wildman–Crippen MR) is 114 cm³/mol. The number of hydrogen-bond donors (Lipinski definition) is 1. The van der Waals surface area contributed by atoms with Crippen molar-refractivity contribution in [2.24, 2.45) is 0 Å². The van der Waals surface area contributed by atoms with Gasteiger partial charge in [0, 0.05) is 16.7 Å². The minimum Gasteiger partial charge on any atom is -0.346 e. The van der Waals surface area contributed by atoms with Gasteiger partial charge in [-0.05, 0) is 62.2 Å². The standard InChI is InChI=1S/C24H21NO4S/c1-14-8-9-15(2)20(12-14)16(3)25-24(27)17-10-11-19-22(13-17)30(28,29)21-7-5-4-6-18(21)23(19)26/h4-13,16H,1-3H3,(H,25,27). The van der Waals surface area contributed by atoms with E-state index in [-0.39, 0.29) is 38.3 Å². The Kier molecular flexibility index (Phi) is 4.82. The summed E-state index contributed by atoms with van der Waals surface area (Å²) in [6, 6.07) is 16.1. The molecule has 1 aliphatic heterocycles. The Morgan fingerprint density at radius 2 is 1.60 bits per heavy atom. The quantitative estimate of drug-likeness (QED) is 0.540. The monoisotopic (exact) mass is 419 g/mol. The molecule has 1 N–H and O–H groups in total. The van der Waals surface area contributed by atoms with Crippen LogP contribution in [-0.4, -0.2) is 20.1 Å². The first kappa shape index (κ1) is 20.0. The average Bonchev–Trinajstić information content (AvgIpc) is 2.73. The lowest BCUT2D eigenvalue weighted by molar-refractivity contribution is 0.0938. The van der Waals surface area contributed by atoms with Crippen molar-refractivity contribution in [1.29, 1.82) is 0 Å². The number of rotatable bonds is 3. The van der Waals surface area contributed by atoms with Crippen LogP contribution in [0.2, 0.25) is 0 Å². The van der Waals surface area contributed by atoms with Crippen molar-refractivity contribution in [3.05, 3.63) is 94.0 Å². The Hall–Kier alpha value is -3.25. The Morgan fingerprint density at radius 1 is 0.900 bits per heavy atom. The minimum absolute atomic E-state index is 0.0242. The topological polar surface area (TPSA) is 80.3 Å². The molecule has 0 saturated carbocycles. The van der Waals surface area contributed by atoms with Gasteiger partial charge in [0.05, 0.1) is 15.8 Å². The van der Waals surface area contributed by atoms with E-state index in [0.717, 1.165) is 16.7 Å². The second-order valence-corrected chi connectivity index (χ2v) is 9.48. The summed E-state index contributed by atoms with van der Waals surface area (Å²) in [4.78, 5) is 25.5. The van der Waals surface area contributed by atoms with Crippen LogP contribution in [0.5, 0.6) is 0 Å². The average molecular weight is 420 g/mol. The van der Waals surface area contributed by atoms with Gasteiger partial charge in [-0.1, -0.05) is 35.9 Å². The number of carbonyl (C=O) groups is 2.